The van der Waals surface area contributed by atoms with Crippen molar-refractivity contribution in [2.75, 3.05) is 13.7 Å². The van der Waals surface area contributed by atoms with Crippen LogP contribution in [-0.4, -0.2) is 30.8 Å². The van der Waals surface area contributed by atoms with Gasteiger partial charge < -0.3 is 15.2 Å². The van der Waals surface area contributed by atoms with E-state index < -0.39 is 0 Å². The molecule has 2 unspecified atom stereocenters. The highest BCUT2D eigenvalue weighted by Crippen LogP contribution is 2.23. The zero-order valence-corrected chi connectivity index (χ0v) is 12.0. The summed E-state index contributed by atoms with van der Waals surface area (Å²) < 4.78 is 5.09. The van der Waals surface area contributed by atoms with Crippen LogP contribution in [0.5, 0.6) is 5.75 Å². The fourth-order valence-corrected chi connectivity index (χ4v) is 2.70. The maximum Gasteiger partial charge on any atom is 0.224 e. The number of aliphatic hydroxyl groups excluding tert-OH is 1. The second-order valence-electron chi connectivity index (χ2n) is 5.52. The van der Waals surface area contributed by atoms with Crippen LogP contribution in [0.3, 0.4) is 0 Å². The molecule has 20 heavy (non-hydrogen) atoms. The highest BCUT2D eigenvalue weighted by atomic mass is 16.5. The summed E-state index contributed by atoms with van der Waals surface area (Å²) in [5.74, 6) is 1.25. The van der Waals surface area contributed by atoms with Gasteiger partial charge in [0, 0.05) is 6.54 Å². The van der Waals surface area contributed by atoms with E-state index in [0.717, 1.165) is 37.0 Å². The van der Waals surface area contributed by atoms with Gasteiger partial charge in [0.2, 0.25) is 5.91 Å². The van der Waals surface area contributed by atoms with Crippen molar-refractivity contribution < 1.29 is 14.6 Å². The van der Waals surface area contributed by atoms with Crippen LogP contribution in [0.1, 0.15) is 31.2 Å². The van der Waals surface area contributed by atoms with Crippen molar-refractivity contribution in [2.45, 2.75) is 38.2 Å². The molecule has 2 rings (SSSR count). The van der Waals surface area contributed by atoms with Gasteiger partial charge in [-0.3, -0.25) is 4.79 Å². The Kier molecular flexibility index (Phi) is 5.41. The minimum Gasteiger partial charge on any atom is -0.497 e. The van der Waals surface area contributed by atoms with Crippen LogP contribution in [0.4, 0.5) is 0 Å². The minimum atomic E-state index is -0.188. The number of amides is 1. The number of benzene rings is 1. The lowest BCUT2D eigenvalue weighted by atomic mass is 9.87. The lowest BCUT2D eigenvalue weighted by Crippen LogP contribution is -2.33. The Morgan fingerprint density at radius 2 is 2.10 bits per heavy atom. The lowest BCUT2D eigenvalue weighted by Gasteiger charge is -2.25. The maximum absolute atomic E-state index is 11.9. The molecule has 0 heterocycles. The van der Waals surface area contributed by atoms with Crippen LogP contribution in [0.15, 0.2) is 24.3 Å². The number of rotatable bonds is 5. The molecule has 0 bridgehead atoms. The predicted octanol–water partition coefficient (Wildman–Crippen LogP) is 1.91. The van der Waals surface area contributed by atoms with E-state index in [1.54, 1.807) is 7.11 Å². The van der Waals surface area contributed by atoms with Gasteiger partial charge in [0.15, 0.2) is 0 Å². The topological polar surface area (TPSA) is 58.6 Å². The van der Waals surface area contributed by atoms with E-state index in [-0.39, 0.29) is 12.0 Å². The van der Waals surface area contributed by atoms with Gasteiger partial charge in [0.1, 0.15) is 5.75 Å². The molecule has 2 atom stereocenters. The van der Waals surface area contributed by atoms with Gasteiger partial charge >= 0.3 is 0 Å². The van der Waals surface area contributed by atoms with E-state index in [1.165, 1.54) is 0 Å². The highest BCUT2D eigenvalue weighted by molar-refractivity contribution is 5.78. The van der Waals surface area contributed by atoms with Crippen LogP contribution < -0.4 is 10.1 Å². The molecule has 4 nitrogen and oxygen atoms in total. The van der Waals surface area contributed by atoms with Crippen molar-refractivity contribution in [3.63, 3.8) is 0 Å². The zero-order valence-electron chi connectivity index (χ0n) is 12.0. The predicted molar refractivity (Wildman–Crippen MR) is 77.7 cm³/mol. The number of nitrogens with one attached hydrogen (secondary N) is 1. The summed E-state index contributed by atoms with van der Waals surface area (Å²) in [4.78, 5) is 11.9. The van der Waals surface area contributed by atoms with Gasteiger partial charge in [0.05, 0.1) is 19.6 Å². The molecule has 110 valence electrons. The molecule has 1 amide bonds. The van der Waals surface area contributed by atoms with Gasteiger partial charge in [-0.25, -0.2) is 0 Å². The second-order valence-corrected chi connectivity index (χ2v) is 5.52. The summed E-state index contributed by atoms with van der Waals surface area (Å²) in [5, 5.41) is 12.6. The molecule has 1 fully saturated rings. The van der Waals surface area contributed by atoms with Crippen LogP contribution >= 0.6 is 0 Å². The van der Waals surface area contributed by atoms with Gasteiger partial charge in [0.25, 0.3) is 0 Å². The zero-order chi connectivity index (χ0) is 14.4. The third-order valence-corrected chi connectivity index (χ3v) is 3.87. The molecule has 0 aliphatic heterocycles. The normalized spacial score (nSPS) is 22.3. The van der Waals surface area contributed by atoms with Crippen molar-refractivity contribution in [2.24, 2.45) is 5.92 Å². The molecule has 1 saturated carbocycles. The van der Waals surface area contributed by atoms with Crippen molar-refractivity contribution in [1.29, 1.82) is 0 Å². The van der Waals surface area contributed by atoms with Gasteiger partial charge in [-0.1, -0.05) is 18.6 Å². The number of hydrogen-bond acceptors (Lipinski definition) is 3. The molecule has 0 aromatic heterocycles. The molecular weight excluding hydrogens is 254 g/mol. The number of carbonyl (C=O) groups excluding carboxylic acids is 1. The Hall–Kier alpha value is -1.55. The first-order chi connectivity index (χ1) is 9.67. The molecule has 0 spiro atoms. The van der Waals surface area contributed by atoms with Crippen LogP contribution in [0.2, 0.25) is 0 Å². The van der Waals surface area contributed by atoms with Crippen molar-refractivity contribution >= 4 is 5.91 Å². The van der Waals surface area contributed by atoms with E-state index in [4.69, 9.17) is 4.74 Å². The molecule has 1 aliphatic carbocycles. The number of hydrogen-bond donors (Lipinski definition) is 2. The smallest absolute Gasteiger partial charge is 0.224 e. The second kappa shape index (κ2) is 7.29. The average Bonchev–Trinajstić information content (AvgIpc) is 2.46. The van der Waals surface area contributed by atoms with Gasteiger partial charge in [-0.05, 0) is 42.9 Å². The fraction of sp³-hybridized carbons (Fsp3) is 0.562. The Morgan fingerprint density at radius 1 is 1.35 bits per heavy atom. The average molecular weight is 277 g/mol. The summed E-state index contributed by atoms with van der Waals surface area (Å²) in [5.41, 5.74) is 0.979. The number of carbonyl (C=O) groups is 1. The first kappa shape index (κ1) is 14.9. The summed E-state index contributed by atoms with van der Waals surface area (Å²) >= 11 is 0. The first-order valence-corrected chi connectivity index (χ1v) is 7.25. The van der Waals surface area contributed by atoms with E-state index in [9.17, 15) is 9.90 Å². The van der Waals surface area contributed by atoms with Crippen LogP contribution in [-0.2, 0) is 11.2 Å². The lowest BCUT2D eigenvalue weighted by molar-refractivity contribution is -0.120. The largest absolute Gasteiger partial charge is 0.497 e. The summed E-state index contributed by atoms with van der Waals surface area (Å²) in [6, 6.07) is 7.53. The van der Waals surface area contributed by atoms with E-state index in [1.807, 2.05) is 24.3 Å². The third-order valence-electron chi connectivity index (χ3n) is 3.87. The number of methoxy groups -OCH3 is 1. The number of ether oxygens (including phenoxy) is 1. The van der Waals surface area contributed by atoms with Crippen molar-refractivity contribution in [1.82, 2.24) is 5.32 Å². The van der Waals surface area contributed by atoms with E-state index >= 15 is 0 Å². The van der Waals surface area contributed by atoms with Gasteiger partial charge in [-0.2, -0.15) is 0 Å². The van der Waals surface area contributed by atoms with E-state index in [2.05, 4.69) is 5.32 Å². The summed E-state index contributed by atoms with van der Waals surface area (Å²) in [6.45, 7) is 0.673. The van der Waals surface area contributed by atoms with Crippen LogP contribution in [0.25, 0.3) is 0 Å². The standard InChI is InChI=1S/C16H23NO3/c1-20-15-7-5-12(6-8-15)10-16(19)17-11-13-3-2-4-14(18)9-13/h5-8,13-14,18H,2-4,9-11H2,1H3,(H,17,19). The molecule has 1 aromatic carbocycles. The molecule has 0 radical (unpaired) electrons. The quantitative estimate of drug-likeness (QED) is 0.864. The fourth-order valence-electron chi connectivity index (χ4n) is 2.70. The molecule has 1 aliphatic rings. The van der Waals surface area contributed by atoms with Crippen molar-refractivity contribution in [3.05, 3.63) is 29.8 Å². The SMILES string of the molecule is COc1ccc(CC(=O)NCC2CCCC(O)C2)cc1. The van der Waals surface area contributed by atoms with Crippen molar-refractivity contribution in [3.8, 4) is 5.75 Å². The first-order valence-electron chi connectivity index (χ1n) is 7.25. The monoisotopic (exact) mass is 277 g/mol. The Labute approximate surface area is 120 Å². The Bertz CT molecular complexity index is 430. The third kappa shape index (κ3) is 4.53. The van der Waals surface area contributed by atoms with Gasteiger partial charge in [-0.15, -0.1) is 0 Å². The Morgan fingerprint density at radius 3 is 2.75 bits per heavy atom. The molecular formula is C16H23NO3. The summed E-state index contributed by atoms with van der Waals surface area (Å²) in [6.07, 6.45) is 4.06. The summed E-state index contributed by atoms with van der Waals surface area (Å²) in [7, 11) is 1.63. The molecule has 4 heteroatoms. The van der Waals surface area contributed by atoms with E-state index in [0.29, 0.717) is 18.9 Å². The molecule has 2 N–H and O–H groups in total. The highest BCUT2D eigenvalue weighted by Gasteiger charge is 2.20. The minimum absolute atomic E-state index is 0.0373. The Balaban J connectivity index is 1.74. The molecule has 1 aromatic rings. The number of aliphatic hydroxyl groups is 1. The van der Waals surface area contributed by atoms with Crippen LogP contribution in [0, 0.1) is 5.92 Å². The maximum atomic E-state index is 11.9. The molecule has 0 saturated heterocycles.